The summed E-state index contributed by atoms with van der Waals surface area (Å²) in [5.41, 5.74) is 3.11. The number of methoxy groups -OCH3 is 1. The quantitative estimate of drug-likeness (QED) is 0.781. The smallest absolute Gasteiger partial charge is 0.244 e. The van der Waals surface area contributed by atoms with Crippen LogP contribution in [0.2, 0.25) is 0 Å². The van der Waals surface area contributed by atoms with Crippen molar-refractivity contribution in [3.05, 3.63) is 45.6 Å². The van der Waals surface area contributed by atoms with Gasteiger partial charge in [-0.1, -0.05) is 0 Å². The van der Waals surface area contributed by atoms with Crippen molar-refractivity contribution in [1.29, 1.82) is 0 Å². The minimum Gasteiger partial charge on any atom is -0.495 e. The van der Waals surface area contributed by atoms with Gasteiger partial charge in [0.05, 0.1) is 7.11 Å². The molecule has 1 aliphatic heterocycles. The lowest BCUT2D eigenvalue weighted by molar-refractivity contribution is 0.247. The predicted octanol–water partition coefficient (Wildman–Crippen LogP) is 3.49. The average molecular weight is 395 g/mol. The van der Waals surface area contributed by atoms with E-state index in [1.165, 1.54) is 25.5 Å². The van der Waals surface area contributed by atoms with Crippen molar-refractivity contribution in [1.82, 2.24) is 9.62 Å². The molecule has 2 aromatic rings. The number of nitrogens with one attached hydrogen (secondary N) is 1. The molecule has 1 unspecified atom stereocenters. The molecule has 1 aromatic heterocycles. The molecule has 0 bridgehead atoms. The van der Waals surface area contributed by atoms with Crippen LogP contribution in [0.25, 0.3) is 0 Å². The topological polar surface area (TPSA) is 58.6 Å². The highest BCUT2D eigenvalue weighted by atomic mass is 32.2. The summed E-state index contributed by atoms with van der Waals surface area (Å²) < 4.78 is 34.1. The molecule has 0 amide bonds. The van der Waals surface area contributed by atoms with Gasteiger partial charge >= 0.3 is 0 Å². The van der Waals surface area contributed by atoms with Crippen molar-refractivity contribution in [2.75, 3.05) is 26.7 Å². The third kappa shape index (κ3) is 4.11. The van der Waals surface area contributed by atoms with Gasteiger partial charge in [0.25, 0.3) is 0 Å². The van der Waals surface area contributed by atoms with Crippen molar-refractivity contribution in [2.45, 2.75) is 37.6 Å². The van der Waals surface area contributed by atoms with Gasteiger partial charge in [-0.05, 0) is 85.4 Å². The molecule has 1 saturated heterocycles. The van der Waals surface area contributed by atoms with Crippen molar-refractivity contribution in [3.8, 4) is 5.75 Å². The summed E-state index contributed by atoms with van der Waals surface area (Å²) in [5.74, 6) is 0.383. The summed E-state index contributed by atoms with van der Waals surface area (Å²) in [4.78, 5) is 2.57. The molecule has 1 N–H and O–H groups in total. The van der Waals surface area contributed by atoms with Gasteiger partial charge in [-0.15, -0.1) is 0 Å². The lowest BCUT2D eigenvalue weighted by Crippen LogP contribution is -2.36. The van der Waals surface area contributed by atoms with Crippen LogP contribution in [-0.4, -0.2) is 40.1 Å². The van der Waals surface area contributed by atoms with Crippen LogP contribution >= 0.6 is 11.3 Å². The first-order chi connectivity index (χ1) is 12.4. The van der Waals surface area contributed by atoms with Crippen molar-refractivity contribution in [2.24, 2.45) is 0 Å². The molecule has 0 aliphatic carbocycles. The third-order valence-corrected chi connectivity index (χ3v) is 7.19. The monoisotopic (exact) mass is 394 g/mol. The number of aryl methyl sites for hydroxylation is 2. The van der Waals surface area contributed by atoms with E-state index in [9.17, 15) is 8.42 Å². The van der Waals surface area contributed by atoms with Crippen LogP contribution in [0.4, 0.5) is 0 Å². The number of thiophene rings is 1. The first-order valence-electron chi connectivity index (χ1n) is 8.83. The Labute approximate surface area is 160 Å². The SMILES string of the molecule is COc1cc(C)c(C)cc1S(=O)(=O)NCC(c1ccsc1)N1CCCC1. The van der Waals surface area contributed by atoms with E-state index in [4.69, 9.17) is 4.74 Å². The second-order valence-corrected chi connectivity index (χ2v) is 9.27. The van der Waals surface area contributed by atoms with Gasteiger partial charge in [0.1, 0.15) is 10.6 Å². The summed E-state index contributed by atoms with van der Waals surface area (Å²) in [5, 5.41) is 4.15. The summed E-state index contributed by atoms with van der Waals surface area (Å²) in [6.45, 7) is 6.23. The highest BCUT2D eigenvalue weighted by Gasteiger charge is 2.27. The Morgan fingerprint density at radius 2 is 1.92 bits per heavy atom. The van der Waals surface area contributed by atoms with E-state index in [0.29, 0.717) is 12.3 Å². The van der Waals surface area contributed by atoms with Gasteiger partial charge in [-0.25, -0.2) is 13.1 Å². The molecule has 1 aliphatic rings. The van der Waals surface area contributed by atoms with Gasteiger partial charge in [0.2, 0.25) is 10.0 Å². The van der Waals surface area contributed by atoms with E-state index in [0.717, 1.165) is 24.2 Å². The number of nitrogens with zero attached hydrogens (tertiary/aromatic N) is 1. The van der Waals surface area contributed by atoms with Gasteiger partial charge in [-0.2, -0.15) is 11.3 Å². The van der Waals surface area contributed by atoms with Crippen molar-refractivity contribution < 1.29 is 13.2 Å². The summed E-state index contributed by atoms with van der Waals surface area (Å²) in [6.07, 6.45) is 2.33. The fourth-order valence-electron chi connectivity index (χ4n) is 3.37. The average Bonchev–Trinajstić information content (AvgIpc) is 3.31. The van der Waals surface area contributed by atoms with Crippen LogP contribution in [0.5, 0.6) is 5.75 Å². The Morgan fingerprint density at radius 3 is 2.54 bits per heavy atom. The molecule has 3 rings (SSSR count). The molecule has 0 spiro atoms. The zero-order valence-corrected chi connectivity index (χ0v) is 17.1. The summed E-state index contributed by atoms with van der Waals surface area (Å²) >= 11 is 1.64. The van der Waals surface area contributed by atoms with Crippen LogP contribution in [0, 0.1) is 13.8 Å². The highest BCUT2D eigenvalue weighted by Crippen LogP contribution is 2.29. The Morgan fingerprint density at radius 1 is 1.23 bits per heavy atom. The van der Waals surface area contributed by atoms with Crippen molar-refractivity contribution >= 4 is 21.4 Å². The Kier molecular flexibility index (Phi) is 6.02. The van der Waals surface area contributed by atoms with Crippen LogP contribution in [0.1, 0.15) is 35.6 Å². The number of hydrogen-bond acceptors (Lipinski definition) is 5. The summed E-state index contributed by atoms with van der Waals surface area (Å²) in [6, 6.07) is 5.61. The zero-order valence-electron chi connectivity index (χ0n) is 15.5. The third-order valence-electron chi connectivity index (χ3n) is 5.05. The maximum Gasteiger partial charge on any atom is 0.244 e. The predicted molar refractivity (Wildman–Crippen MR) is 106 cm³/mol. The molecule has 1 atom stereocenters. The zero-order chi connectivity index (χ0) is 18.7. The fourth-order valence-corrected chi connectivity index (χ4v) is 5.35. The number of sulfonamides is 1. The molecule has 7 heteroatoms. The van der Waals surface area contributed by atoms with Gasteiger partial charge < -0.3 is 4.74 Å². The van der Waals surface area contributed by atoms with Crippen LogP contribution in [-0.2, 0) is 10.0 Å². The van der Waals surface area contributed by atoms with Crippen LogP contribution in [0.15, 0.2) is 33.9 Å². The number of ether oxygens (including phenoxy) is 1. The molecule has 1 fully saturated rings. The van der Waals surface area contributed by atoms with E-state index >= 15 is 0 Å². The Bertz CT molecular complexity index is 842. The Hall–Kier alpha value is -1.41. The molecule has 0 radical (unpaired) electrons. The van der Waals surface area contributed by atoms with Crippen LogP contribution in [0.3, 0.4) is 0 Å². The van der Waals surface area contributed by atoms with Crippen LogP contribution < -0.4 is 9.46 Å². The summed E-state index contributed by atoms with van der Waals surface area (Å²) in [7, 11) is -2.15. The van der Waals surface area contributed by atoms with E-state index in [1.54, 1.807) is 23.5 Å². The van der Waals surface area contributed by atoms with Gasteiger partial charge in [0, 0.05) is 12.6 Å². The molecular weight excluding hydrogens is 368 g/mol. The second kappa shape index (κ2) is 8.08. The Balaban J connectivity index is 1.83. The fraction of sp³-hybridized carbons (Fsp3) is 0.474. The standard InChI is InChI=1S/C19H26N2O3S2/c1-14-10-18(24-3)19(11-15(14)2)26(22,23)20-12-17(16-6-9-25-13-16)21-7-4-5-8-21/h6,9-11,13,17,20H,4-5,7-8,12H2,1-3H3. The molecular formula is C19H26N2O3S2. The number of rotatable bonds is 7. The van der Waals surface area contributed by atoms with E-state index in [2.05, 4.69) is 21.1 Å². The first-order valence-corrected chi connectivity index (χ1v) is 11.3. The lowest BCUT2D eigenvalue weighted by atomic mass is 10.1. The second-order valence-electron chi connectivity index (χ2n) is 6.75. The number of benzene rings is 1. The maximum atomic E-state index is 13.0. The van der Waals surface area contributed by atoms with E-state index in [1.807, 2.05) is 19.2 Å². The molecule has 142 valence electrons. The van der Waals surface area contributed by atoms with E-state index < -0.39 is 10.0 Å². The van der Waals surface area contributed by atoms with Gasteiger partial charge in [-0.3, -0.25) is 4.90 Å². The maximum absolute atomic E-state index is 13.0. The number of likely N-dealkylation sites (tertiary alicyclic amines) is 1. The number of hydrogen-bond donors (Lipinski definition) is 1. The minimum absolute atomic E-state index is 0.0658. The molecule has 26 heavy (non-hydrogen) atoms. The molecule has 1 aromatic carbocycles. The highest BCUT2D eigenvalue weighted by molar-refractivity contribution is 7.89. The normalized spacial score (nSPS) is 16.7. The molecule has 0 saturated carbocycles. The largest absolute Gasteiger partial charge is 0.495 e. The van der Waals surface area contributed by atoms with Crippen molar-refractivity contribution in [3.63, 3.8) is 0 Å². The van der Waals surface area contributed by atoms with Gasteiger partial charge in [0.15, 0.2) is 0 Å². The minimum atomic E-state index is -3.66. The molecule has 5 nitrogen and oxygen atoms in total. The molecule has 2 heterocycles. The first kappa shape index (κ1) is 19.4. The lowest BCUT2D eigenvalue weighted by Gasteiger charge is -2.27. The van der Waals surface area contributed by atoms with E-state index in [-0.39, 0.29) is 10.9 Å².